The topological polar surface area (TPSA) is 81.9 Å². The molecule has 0 unspecified atom stereocenters. The Kier molecular flexibility index (Phi) is 8.25. The molecular formula is C39H31N3O4S. The van der Waals surface area contributed by atoms with Gasteiger partial charge in [0.05, 0.1) is 29.0 Å². The van der Waals surface area contributed by atoms with Crippen molar-refractivity contribution in [3.8, 4) is 11.5 Å². The summed E-state index contributed by atoms with van der Waals surface area (Å²) in [6.45, 7) is 2.20. The molecule has 0 aliphatic carbocycles. The second-order valence-corrected chi connectivity index (χ2v) is 12.2. The quantitative estimate of drug-likeness (QED) is 0.204. The number of hydrogen-bond donors (Lipinski definition) is 1. The number of nitrogens with one attached hydrogen (secondary N) is 1. The number of benzene rings is 5. The normalized spacial score (nSPS) is 14.4. The molecule has 0 radical (unpaired) electrons. The third-order valence-corrected chi connectivity index (χ3v) is 9.16. The number of fused-ring (bicyclic) bond motifs is 2. The number of hydrogen-bond acceptors (Lipinski definition) is 6. The molecule has 1 N–H and O–H groups in total. The van der Waals surface area contributed by atoms with Gasteiger partial charge in [0.15, 0.2) is 4.80 Å². The number of aromatic nitrogens is 1. The van der Waals surface area contributed by atoms with Crippen LogP contribution < -0.4 is 29.7 Å². The molecule has 1 aliphatic rings. The average molecular weight is 638 g/mol. The summed E-state index contributed by atoms with van der Waals surface area (Å²) in [6.07, 6.45) is 1.89. The number of rotatable bonds is 8. The smallest absolute Gasteiger partial charge is 0.271 e. The minimum Gasteiger partial charge on any atom is -0.497 e. The lowest BCUT2D eigenvalue weighted by Gasteiger charge is -2.25. The highest BCUT2D eigenvalue weighted by Gasteiger charge is 2.32. The van der Waals surface area contributed by atoms with E-state index in [2.05, 4.69) is 5.32 Å². The Balaban J connectivity index is 1.38. The van der Waals surface area contributed by atoms with Gasteiger partial charge in [-0.3, -0.25) is 14.2 Å². The minimum absolute atomic E-state index is 0.242. The van der Waals surface area contributed by atoms with Gasteiger partial charge in [-0.05, 0) is 65.2 Å². The molecule has 0 fully saturated rings. The van der Waals surface area contributed by atoms with Crippen molar-refractivity contribution in [1.29, 1.82) is 0 Å². The molecule has 1 amide bonds. The summed E-state index contributed by atoms with van der Waals surface area (Å²) in [5, 5.41) is 5.00. The number of nitrogens with zero attached hydrogens (tertiary/aromatic N) is 2. The van der Waals surface area contributed by atoms with Gasteiger partial charge in [0, 0.05) is 11.3 Å². The van der Waals surface area contributed by atoms with Crippen molar-refractivity contribution in [3.63, 3.8) is 0 Å². The summed E-state index contributed by atoms with van der Waals surface area (Å²) < 4.78 is 13.9. The highest BCUT2D eigenvalue weighted by Crippen LogP contribution is 2.33. The molecule has 0 bridgehead atoms. The van der Waals surface area contributed by atoms with E-state index in [-0.39, 0.29) is 11.5 Å². The molecule has 0 saturated carbocycles. The largest absolute Gasteiger partial charge is 0.497 e. The van der Waals surface area contributed by atoms with E-state index in [9.17, 15) is 9.59 Å². The molecule has 8 heteroatoms. The van der Waals surface area contributed by atoms with Gasteiger partial charge in [0.2, 0.25) is 0 Å². The number of carbonyl (C=O) groups is 1. The van der Waals surface area contributed by atoms with Gasteiger partial charge in [-0.25, -0.2) is 4.99 Å². The van der Waals surface area contributed by atoms with Crippen molar-refractivity contribution in [2.24, 2.45) is 4.99 Å². The summed E-state index contributed by atoms with van der Waals surface area (Å²) in [6, 6.07) is 38.0. The van der Waals surface area contributed by atoms with Crippen LogP contribution in [0, 0.1) is 0 Å². The summed E-state index contributed by atoms with van der Waals surface area (Å²) >= 11 is 1.30. The number of para-hydroxylation sites is 1. The highest BCUT2D eigenvalue weighted by atomic mass is 32.1. The number of thiazole rings is 1. The van der Waals surface area contributed by atoms with E-state index in [4.69, 9.17) is 14.5 Å². The molecule has 1 aliphatic heterocycles. The molecule has 6 aromatic rings. The molecule has 7 rings (SSSR count). The van der Waals surface area contributed by atoms with Gasteiger partial charge < -0.3 is 14.8 Å². The maximum atomic E-state index is 14.4. The lowest BCUT2D eigenvalue weighted by molar-refractivity contribution is -0.113. The highest BCUT2D eigenvalue weighted by molar-refractivity contribution is 7.07. The van der Waals surface area contributed by atoms with Crippen LogP contribution >= 0.6 is 11.3 Å². The fourth-order valence-electron chi connectivity index (χ4n) is 5.85. The van der Waals surface area contributed by atoms with Crippen LogP contribution in [0.2, 0.25) is 0 Å². The van der Waals surface area contributed by atoms with Crippen LogP contribution in [-0.4, -0.2) is 17.6 Å². The zero-order valence-electron chi connectivity index (χ0n) is 25.8. The van der Waals surface area contributed by atoms with Crippen LogP contribution in [0.1, 0.15) is 29.7 Å². The fourth-order valence-corrected chi connectivity index (χ4v) is 6.88. The second-order valence-electron chi connectivity index (χ2n) is 11.1. The number of carbonyl (C=O) groups excluding carboxylic acids is 1. The molecule has 5 aromatic carbocycles. The van der Waals surface area contributed by atoms with Crippen molar-refractivity contribution in [2.45, 2.75) is 19.6 Å². The van der Waals surface area contributed by atoms with E-state index < -0.39 is 6.04 Å². The van der Waals surface area contributed by atoms with Gasteiger partial charge >= 0.3 is 0 Å². The van der Waals surface area contributed by atoms with Crippen molar-refractivity contribution >= 4 is 39.8 Å². The van der Waals surface area contributed by atoms with Crippen molar-refractivity contribution in [2.75, 3.05) is 12.4 Å². The van der Waals surface area contributed by atoms with Crippen molar-refractivity contribution < 1.29 is 14.3 Å². The number of methoxy groups -OCH3 is 1. The van der Waals surface area contributed by atoms with E-state index in [1.54, 1.807) is 11.7 Å². The second kappa shape index (κ2) is 12.9. The Bertz CT molecular complexity index is 2310. The van der Waals surface area contributed by atoms with Crippen LogP contribution in [0.3, 0.4) is 0 Å². The monoisotopic (exact) mass is 637 g/mol. The molecule has 1 aromatic heterocycles. The molecular weight excluding hydrogens is 607 g/mol. The molecule has 0 spiro atoms. The first-order valence-corrected chi connectivity index (χ1v) is 16.0. The Morgan fingerprint density at radius 3 is 2.34 bits per heavy atom. The van der Waals surface area contributed by atoms with E-state index in [1.165, 1.54) is 11.3 Å². The summed E-state index contributed by atoms with van der Waals surface area (Å²) in [7, 11) is 1.60. The lowest BCUT2D eigenvalue weighted by Crippen LogP contribution is -2.40. The van der Waals surface area contributed by atoms with Crippen LogP contribution in [0.25, 0.3) is 16.8 Å². The molecule has 1 atom stereocenters. The van der Waals surface area contributed by atoms with Gasteiger partial charge in [-0.1, -0.05) is 102 Å². The Labute approximate surface area is 275 Å². The summed E-state index contributed by atoms with van der Waals surface area (Å²) in [4.78, 5) is 33.7. The van der Waals surface area contributed by atoms with Gasteiger partial charge in [-0.2, -0.15) is 0 Å². The van der Waals surface area contributed by atoms with E-state index in [0.717, 1.165) is 27.5 Å². The summed E-state index contributed by atoms with van der Waals surface area (Å²) in [5.41, 5.74) is 3.98. The standard InChI is InChI=1S/C39H31N3O4S/c1-25-35(37(43)41-29-14-7-4-8-15-29)36(28-17-20-30(45-2)21-18-28)42-38(44)34(47-39(42)40-25)23-32-31-16-10-9-13-27(31)19-22-33(32)46-24-26-11-5-3-6-12-26/h3-23,36H,24H2,1-2H3,(H,41,43)/b34-23+/t36-/m0/s1. The molecule has 2 heterocycles. The zero-order chi connectivity index (χ0) is 32.3. The third-order valence-electron chi connectivity index (χ3n) is 8.17. The van der Waals surface area contributed by atoms with Crippen LogP contribution in [0.5, 0.6) is 11.5 Å². The van der Waals surface area contributed by atoms with E-state index in [1.807, 2.05) is 134 Å². The maximum Gasteiger partial charge on any atom is 0.271 e. The van der Waals surface area contributed by atoms with Crippen molar-refractivity contribution in [1.82, 2.24) is 4.57 Å². The maximum absolute atomic E-state index is 14.4. The first-order valence-electron chi connectivity index (χ1n) is 15.2. The number of allylic oxidation sites excluding steroid dienone is 1. The number of amides is 1. The van der Waals surface area contributed by atoms with Gasteiger partial charge in [0.25, 0.3) is 11.5 Å². The van der Waals surface area contributed by atoms with Crippen LogP contribution in [0.15, 0.2) is 142 Å². The van der Waals surface area contributed by atoms with Crippen LogP contribution in [0.4, 0.5) is 5.69 Å². The molecule has 232 valence electrons. The summed E-state index contributed by atoms with van der Waals surface area (Å²) in [5.74, 6) is 1.03. The molecule has 7 nitrogen and oxygen atoms in total. The SMILES string of the molecule is COc1ccc([C@H]2C(C(=O)Nc3ccccc3)=C(C)N=c3s/c(=C/c4c(OCc5ccccc5)ccc5ccccc45)c(=O)n32)cc1. The Morgan fingerprint density at radius 1 is 0.894 bits per heavy atom. The fraction of sp³-hybridized carbons (Fsp3) is 0.103. The predicted octanol–water partition coefficient (Wildman–Crippen LogP) is 6.61. The van der Waals surface area contributed by atoms with Gasteiger partial charge in [0.1, 0.15) is 18.1 Å². The average Bonchev–Trinajstić information content (AvgIpc) is 3.41. The Hall–Kier alpha value is -5.73. The number of ether oxygens (including phenoxy) is 2. The molecule has 47 heavy (non-hydrogen) atoms. The zero-order valence-corrected chi connectivity index (χ0v) is 26.7. The number of anilines is 1. The van der Waals surface area contributed by atoms with Gasteiger partial charge in [-0.15, -0.1) is 0 Å². The first kappa shape index (κ1) is 30.0. The van der Waals surface area contributed by atoms with Crippen LogP contribution in [-0.2, 0) is 11.4 Å². The predicted molar refractivity (Wildman–Crippen MR) is 187 cm³/mol. The molecule has 0 saturated heterocycles. The first-order chi connectivity index (χ1) is 23.0. The van der Waals surface area contributed by atoms with E-state index in [0.29, 0.717) is 44.4 Å². The third kappa shape index (κ3) is 5.98. The lowest BCUT2D eigenvalue weighted by atomic mass is 9.95. The minimum atomic E-state index is -0.704. The van der Waals surface area contributed by atoms with Crippen molar-refractivity contribution in [3.05, 3.63) is 169 Å². The van der Waals surface area contributed by atoms with E-state index >= 15 is 0 Å². The Morgan fingerprint density at radius 2 is 1.60 bits per heavy atom.